The molecule has 15 heteroatoms. The number of aromatic nitrogens is 3. The molecule has 1 aliphatic heterocycles. The fourth-order valence-electron chi connectivity index (χ4n) is 4.74. The Bertz CT molecular complexity index is 1810. The van der Waals surface area contributed by atoms with Crippen molar-refractivity contribution in [3.63, 3.8) is 0 Å². The van der Waals surface area contributed by atoms with Crippen LogP contribution >= 0.6 is 0 Å². The molecule has 1 fully saturated rings. The minimum atomic E-state index is -4.76. The number of alkyl halides is 3. The summed E-state index contributed by atoms with van der Waals surface area (Å²) in [5.41, 5.74) is 4.32. The van der Waals surface area contributed by atoms with E-state index in [9.17, 15) is 27.6 Å². The highest BCUT2D eigenvalue weighted by atomic mass is 19.4. The number of amides is 3. The van der Waals surface area contributed by atoms with Crippen molar-refractivity contribution in [3.05, 3.63) is 77.4 Å². The summed E-state index contributed by atoms with van der Waals surface area (Å²) in [6.45, 7) is 6.26. The van der Waals surface area contributed by atoms with Crippen molar-refractivity contribution in [2.45, 2.75) is 39.1 Å². The minimum Gasteiger partial charge on any atom is -0.459 e. The number of nitrogens with zero attached hydrogens (tertiary/aromatic N) is 5. The van der Waals surface area contributed by atoms with Crippen molar-refractivity contribution < 1.29 is 36.7 Å². The molecule has 3 N–H and O–H groups in total. The highest BCUT2D eigenvalue weighted by molar-refractivity contribution is 5.94. The highest BCUT2D eigenvalue weighted by Crippen LogP contribution is 2.39. The molecule has 4 aromatic rings. The number of ether oxygens (including phenoxy) is 1. The van der Waals surface area contributed by atoms with E-state index in [2.05, 4.69) is 20.3 Å². The van der Waals surface area contributed by atoms with Gasteiger partial charge < -0.3 is 30.0 Å². The second-order valence-corrected chi connectivity index (χ2v) is 11.8. The van der Waals surface area contributed by atoms with E-state index in [4.69, 9.17) is 14.9 Å². The molecule has 0 bridgehead atoms. The summed E-state index contributed by atoms with van der Waals surface area (Å²) in [6.07, 6.45) is 1.55. The number of rotatable bonds is 6. The van der Waals surface area contributed by atoms with E-state index in [-0.39, 0.29) is 66.7 Å². The van der Waals surface area contributed by atoms with E-state index in [1.165, 1.54) is 47.8 Å². The van der Waals surface area contributed by atoms with E-state index in [0.717, 1.165) is 6.07 Å². The third kappa shape index (κ3) is 8.23. The van der Waals surface area contributed by atoms with Gasteiger partial charge in [0.1, 0.15) is 22.8 Å². The van der Waals surface area contributed by atoms with Gasteiger partial charge in [0, 0.05) is 61.8 Å². The number of nitrogens with one attached hydrogen (secondary N) is 1. The number of hydrogen-bond donors (Lipinski definition) is 2. The third-order valence-corrected chi connectivity index (χ3v) is 7.02. The van der Waals surface area contributed by atoms with E-state index in [1.807, 2.05) is 0 Å². The molecule has 0 unspecified atom stereocenters. The fraction of sp³-hybridized carbons (Fsp3) is 0.312. The first-order valence-electron chi connectivity index (χ1n) is 14.6. The van der Waals surface area contributed by atoms with Gasteiger partial charge in [0.15, 0.2) is 5.82 Å². The van der Waals surface area contributed by atoms with Crippen LogP contribution in [0.15, 0.2) is 59.4 Å². The van der Waals surface area contributed by atoms with Gasteiger partial charge in [0.05, 0.1) is 17.7 Å². The van der Waals surface area contributed by atoms with Gasteiger partial charge in [-0.05, 0) is 62.7 Å². The Morgan fingerprint density at radius 2 is 1.66 bits per heavy atom. The first kappa shape index (κ1) is 32.9. The molecule has 47 heavy (non-hydrogen) atoms. The van der Waals surface area contributed by atoms with Crippen molar-refractivity contribution in [3.8, 4) is 11.4 Å². The zero-order chi connectivity index (χ0) is 33.9. The summed E-state index contributed by atoms with van der Waals surface area (Å²) in [5, 5.41) is 2.71. The topological polar surface area (TPSA) is 157 Å². The molecule has 0 aliphatic carbocycles. The van der Waals surface area contributed by atoms with Crippen LogP contribution in [0.3, 0.4) is 0 Å². The molecule has 1 aromatic carbocycles. The summed E-state index contributed by atoms with van der Waals surface area (Å²) in [5.74, 6) is -0.449. The van der Waals surface area contributed by atoms with Crippen LogP contribution < -0.4 is 11.1 Å². The molecule has 0 atom stereocenters. The van der Waals surface area contributed by atoms with Gasteiger partial charge in [-0.15, -0.1) is 0 Å². The third-order valence-electron chi connectivity index (χ3n) is 7.02. The van der Waals surface area contributed by atoms with E-state index in [0.29, 0.717) is 11.4 Å². The van der Waals surface area contributed by atoms with E-state index >= 15 is 0 Å². The standard InChI is InChI=1S/C32H32F3N7O5/c1-31(2,3)47-30(45)42-10-8-41(9-11-42)29(44)22-16-39-28(40-17-22)21-12-20-13-23(46-27(20)24(14-21)32(33,34)35)18-38-26(43)7-5-19-4-6-25(36)37-15-19/h4-7,12-17H,8-11,18H2,1-3H3,(H2,36,37)(H,38,43)/b7-5+. The van der Waals surface area contributed by atoms with Gasteiger partial charge in [-0.2, -0.15) is 13.2 Å². The summed E-state index contributed by atoms with van der Waals surface area (Å²) >= 11 is 0. The van der Waals surface area contributed by atoms with Crippen LogP contribution in [0, 0.1) is 0 Å². The Balaban J connectivity index is 1.27. The molecule has 3 amide bonds. The molecule has 0 spiro atoms. The number of piperazine rings is 1. The Morgan fingerprint density at radius 1 is 0.979 bits per heavy atom. The average Bonchev–Trinajstić information content (AvgIpc) is 3.44. The minimum absolute atomic E-state index is 0.0259. The van der Waals surface area contributed by atoms with Crippen LogP contribution in [0.25, 0.3) is 28.4 Å². The van der Waals surface area contributed by atoms with Gasteiger partial charge in [0.2, 0.25) is 5.91 Å². The number of furan rings is 1. The molecule has 5 rings (SSSR count). The van der Waals surface area contributed by atoms with Crippen LogP contribution in [0.2, 0.25) is 0 Å². The number of nitrogens with two attached hydrogens (primary N) is 1. The first-order chi connectivity index (χ1) is 22.2. The van der Waals surface area contributed by atoms with Gasteiger partial charge >= 0.3 is 12.3 Å². The molecule has 1 saturated heterocycles. The number of pyridine rings is 1. The van der Waals surface area contributed by atoms with Crippen molar-refractivity contribution in [2.75, 3.05) is 31.9 Å². The normalized spacial score (nSPS) is 14.1. The van der Waals surface area contributed by atoms with Crippen LogP contribution in [0.4, 0.5) is 23.8 Å². The molecule has 4 heterocycles. The van der Waals surface area contributed by atoms with Crippen molar-refractivity contribution >= 4 is 40.8 Å². The number of benzene rings is 1. The largest absolute Gasteiger partial charge is 0.459 e. The number of nitrogen functional groups attached to an aromatic ring is 1. The lowest BCUT2D eigenvalue weighted by molar-refractivity contribution is -0.136. The molecule has 246 valence electrons. The summed E-state index contributed by atoms with van der Waals surface area (Å²) < 4.78 is 53.1. The Labute approximate surface area is 267 Å². The summed E-state index contributed by atoms with van der Waals surface area (Å²) in [6, 6.07) is 6.98. The molecule has 1 aliphatic rings. The summed E-state index contributed by atoms with van der Waals surface area (Å²) in [7, 11) is 0. The predicted octanol–water partition coefficient (Wildman–Crippen LogP) is 4.91. The smallest absolute Gasteiger partial charge is 0.420 e. The molecular weight excluding hydrogens is 619 g/mol. The monoisotopic (exact) mass is 651 g/mol. The van der Waals surface area contributed by atoms with Crippen molar-refractivity contribution in [2.24, 2.45) is 0 Å². The first-order valence-corrected chi connectivity index (χ1v) is 14.6. The molecule has 12 nitrogen and oxygen atoms in total. The predicted molar refractivity (Wildman–Crippen MR) is 165 cm³/mol. The van der Waals surface area contributed by atoms with Gasteiger partial charge in [-0.25, -0.2) is 19.7 Å². The Hall–Kier alpha value is -5.47. The molecular formula is C32H32F3N7O5. The van der Waals surface area contributed by atoms with Crippen LogP contribution in [0.1, 0.15) is 48.0 Å². The maximum Gasteiger partial charge on any atom is 0.420 e. The SMILES string of the molecule is CC(C)(C)OC(=O)N1CCN(C(=O)c2cnc(-c3cc(C(F)(F)F)c4oc(CNC(=O)/C=C/c5ccc(N)nc5)cc4c3)nc2)CC1. The number of hydrogen-bond acceptors (Lipinski definition) is 9. The Morgan fingerprint density at radius 3 is 2.28 bits per heavy atom. The van der Waals surface area contributed by atoms with E-state index < -0.39 is 34.9 Å². The van der Waals surface area contributed by atoms with Gasteiger partial charge in [-0.1, -0.05) is 0 Å². The maximum atomic E-state index is 14.1. The van der Waals surface area contributed by atoms with Crippen molar-refractivity contribution in [1.82, 2.24) is 30.1 Å². The zero-order valence-corrected chi connectivity index (χ0v) is 25.8. The lowest BCUT2D eigenvalue weighted by atomic mass is 10.1. The number of anilines is 1. The highest BCUT2D eigenvalue weighted by Gasteiger charge is 2.35. The number of fused-ring (bicyclic) bond motifs is 1. The molecule has 0 radical (unpaired) electrons. The molecule has 0 saturated carbocycles. The fourth-order valence-corrected chi connectivity index (χ4v) is 4.74. The average molecular weight is 652 g/mol. The second kappa shape index (κ2) is 13.1. The lowest BCUT2D eigenvalue weighted by Gasteiger charge is -2.35. The lowest BCUT2D eigenvalue weighted by Crippen LogP contribution is -2.51. The van der Waals surface area contributed by atoms with Crippen molar-refractivity contribution in [1.29, 1.82) is 0 Å². The van der Waals surface area contributed by atoms with Crippen LogP contribution in [-0.4, -0.2) is 74.4 Å². The quantitative estimate of drug-likeness (QED) is 0.277. The van der Waals surface area contributed by atoms with Gasteiger partial charge in [-0.3, -0.25) is 9.59 Å². The van der Waals surface area contributed by atoms with Gasteiger partial charge in [0.25, 0.3) is 5.91 Å². The maximum absolute atomic E-state index is 14.1. The number of carbonyl (C=O) groups excluding carboxylic acids is 3. The van der Waals surface area contributed by atoms with Crippen LogP contribution in [-0.2, 0) is 22.3 Å². The number of carbonyl (C=O) groups is 3. The zero-order valence-electron chi connectivity index (χ0n) is 25.8. The number of halogens is 3. The van der Waals surface area contributed by atoms with E-state index in [1.54, 1.807) is 37.8 Å². The Kier molecular flexibility index (Phi) is 9.17. The summed E-state index contributed by atoms with van der Waals surface area (Å²) in [4.78, 5) is 53.0. The second-order valence-electron chi connectivity index (χ2n) is 11.8. The van der Waals surface area contributed by atoms with Crippen LogP contribution in [0.5, 0.6) is 0 Å². The molecule has 3 aromatic heterocycles.